The van der Waals surface area contributed by atoms with Gasteiger partial charge >= 0.3 is 0 Å². The molecule has 88 valence electrons. The molecule has 2 rings (SSSR count). The van der Waals surface area contributed by atoms with Crippen LogP contribution in [0.4, 0.5) is 0 Å². The van der Waals surface area contributed by atoms with Gasteiger partial charge in [0.25, 0.3) is 5.78 Å². The van der Waals surface area contributed by atoms with Crippen molar-refractivity contribution in [3.05, 3.63) is 18.1 Å². The van der Waals surface area contributed by atoms with Crippen molar-refractivity contribution >= 4 is 18.2 Å². The molecule has 6 nitrogen and oxygen atoms in total. The highest BCUT2D eigenvalue weighted by Gasteiger charge is 2.09. The number of hydrogen-bond donors (Lipinski definition) is 1. The van der Waals surface area contributed by atoms with Crippen LogP contribution in [0.3, 0.4) is 0 Å². The second-order valence-corrected chi connectivity index (χ2v) is 3.37. The van der Waals surface area contributed by atoms with E-state index in [-0.39, 0.29) is 18.5 Å². The van der Waals surface area contributed by atoms with Crippen LogP contribution < -0.4 is 10.5 Å². The lowest BCUT2D eigenvalue weighted by molar-refractivity contribution is 0.214. The van der Waals surface area contributed by atoms with Crippen molar-refractivity contribution in [2.75, 3.05) is 6.54 Å². The van der Waals surface area contributed by atoms with E-state index in [4.69, 9.17) is 10.5 Å². The fourth-order valence-electron chi connectivity index (χ4n) is 1.24. The molecule has 16 heavy (non-hydrogen) atoms. The number of fused-ring (bicyclic) bond motifs is 1. The first-order valence-corrected chi connectivity index (χ1v) is 4.75. The van der Waals surface area contributed by atoms with Gasteiger partial charge in [0.2, 0.25) is 5.88 Å². The molecule has 2 heterocycles. The van der Waals surface area contributed by atoms with Crippen molar-refractivity contribution in [3.63, 3.8) is 0 Å². The van der Waals surface area contributed by atoms with Crippen molar-refractivity contribution in [3.8, 4) is 5.88 Å². The first kappa shape index (κ1) is 12.7. The number of ether oxygens (including phenoxy) is 1. The molecule has 0 aromatic carbocycles. The number of rotatable bonds is 3. The molecule has 2 aromatic heterocycles. The summed E-state index contributed by atoms with van der Waals surface area (Å²) in [5.74, 6) is 1.15. The van der Waals surface area contributed by atoms with Crippen molar-refractivity contribution in [2.45, 2.75) is 20.0 Å². The summed E-state index contributed by atoms with van der Waals surface area (Å²) in [4.78, 5) is 8.21. The van der Waals surface area contributed by atoms with E-state index < -0.39 is 0 Å². The van der Waals surface area contributed by atoms with E-state index in [0.717, 1.165) is 5.69 Å². The van der Waals surface area contributed by atoms with Gasteiger partial charge in [0.1, 0.15) is 12.4 Å². The van der Waals surface area contributed by atoms with Gasteiger partial charge in [-0.3, -0.25) is 0 Å². The van der Waals surface area contributed by atoms with Crippen LogP contribution in [-0.2, 0) is 0 Å². The smallest absolute Gasteiger partial charge is 0.255 e. The molecule has 2 aromatic rings. The van der Waals surface area contributed by atoms with Crippen LogP contribution in [-0.4, -0.2) is 32.2 Å². The maximum absolute atomic E-state index is 5.61. The van der Waals surface area contributed by atoms with Crippen LogP contribution in [0.5, 0.6) is 5.88 Å². The maximum atomic E-state index is 5.61. The molecule has 0 spiro atoms. The highest BCUT2D eigenvalue weighted by molar-refractivity contribution is 5.85. The maximum Gasteiger partial charge on any atom is 0.255 e. The molecule has 0 aliphatic carbocycles. The number of hydrogen-bond acceptors (Lipinski definition) is 5. The minimum absolute atomic E-state index is 0. The Kier molecular flexibility index (Phi) is 4.03. The van der Waals surface area contributed by atoms with Crippen LogP contribution in [0.2, 0.25) is 0 Å². The summed E-state index contributed by atoms with van der Waals surface area (Å²) in [5, 5.41) is 4.02. The molecule has 0 amide bonds. The lowest BCUT2D eigenvalue weighted by atomic mass is 10.4. The second kappa shape index (κ2) is 5.09. The molecule has 0 radical (unpaired) electrons. The Morgan fingerprint density at radius 2 is 2.31 bits per heavy atom. The van der Waals surface area contributed by atoms with Gasteiger partial charge in [0.05, 0.1) is 0 Å². The summed E-state index contributed by atoms with van der Waals surface area (Å²) in [7, 11) is 0. The lowest BCUT2D eigenvalue weighted by Gasteiger charge is -2.12. The molecule has 2 N–H and O–H groups in total. The predicted octanol–water partition coefficient (Wildman–Crippen LogP) is 0.581. The zero-order valence-corrected chi connectivity index (χ0v) is 9.94. The van der Waals surface area contributed by atoms with E-state index >= 15 is 0 Å². The van der Waals surface area contributed by atoms with Gasteiger partial charge in [-0.15, -0.1) is 12.4 Å². The molecule has 1 atom stereocenters. The van der Waals surface area contributed by atoms with Gasteiger partial charge in [-0.2, -0.15) is 14.6 Å². The first-order chi connectivity index (χ1) is 7.20. The number of aryl methyl sites for hydroxylation is 1. The third kappa shape index (κ3) is 2.40. The molecule has 0 saturated heterocycles. The summed E-state index contributed by atoms with van der Waals surface area (Å²) in [6, 6.07) is 1.81. The van der Waals surface area contributed by atoms with Gasteiger partial charge in [-0.25, -0.2) is 4.98 Å². The Labute approximate surface area is 99.2 Å². The summed E-state index contributed by atoms with van der Waals surface area (Å²) in [6.07, 6.45) is 1.39. The largest absolute Gasteiger partial charge is 0.473 e. The Hall–Kier alpha value is -1.40. The Morgan fingerprint density at radius 1 is 1.56 bits per heavy atom. The van der Waals surface area contributed by atoms with Crippen LogP contribution >= 0.6 is 12.4 Å². The second-order valence-electron chi connectivity index (χ2n) is 3.37. The topological polar surface area (TPSA) is 78.3 Å². The zero-order chi connectivity index (χ0) is 10.8. The van der Waals surface area contributed by atoms with E-state index in [1.54, 1.807) is 4.52 Å². The summed E-state index contributed by atoms with van der Waals surface area (Å²) in [5.41, 5.74) is 6.33. The standard InChI is InChI=1S/C9H13N5O.ClH/c1-6-3-8(15-7(2)4-10)14-9(13-6)11-5-12-14;/h3,5,7H,4,10H2,1-2H3;1H. The Morgan fingerprint density at radius 3 is 3.00 bits per heavy atom. The summed E-state index contributed by atoms with van der Waals surface area (Å²) < 4.78 is 7.17. The van der Waals surface area contributed by atoms with E-state index in [1.165, 1.54) is 6.33 Å². The molecule has 0 bridgehead atoms. The summed E-state index contributed by atoms with van der Waals surface area (Å²) >= 11 is 0. The van der Waals surface area contributed by atoms with Gasteiger partial charge < -0.3 is 10.5 Å². The van der Waals surface area contributed by atoms with Crippen LogP contribution in [0.25, 0.3) is 5.78 Å². The third-order valence-corrected chi connectivity index (χ3v) is 2.00. The quantitative estimate of drug-likeness (QED) is 0.853. The SMILES string of the molecule is Cc1cc(OC(C)CN)n2ncnc2n1.Cl. The highest BCUT2D eigenvalue weighted by atomic mass is 35.5. The van der Waals surface area contributed by atoms with E-state index in [1.807, 2.05) is 19.9 Å². The minimum Gasteiger partial charge on any atom is -0.473 e. The molecule has 7 heteroatoms. The van der Waals surface area contributed by atoms with Crippen molar-refractivity contribution < 1.29 is 4.74 Å². The van der Waals surface area contributed by atoms with Crippen molar-refractivity contribution in [1.29, 1.82) is 0 Å². The van der Waals surface area contributed by atoms with Crippen LogP contribution in [0, 0.1) is 6.92 Å². The zero-order valence-electron chi connectivity index (χ0n) is 9.12. The number of halogens is 1. The monoisotopic (exact) mass is 243 g/mol. The number of aromatic nitrogens is 4. The molecule has 0 fully saturated rings. The fraction of sp³-hybridized carbons (Fsp3) is 0.444. The minimum atomic E-state index is -0.0563. The lowest BCUT2D eigenvalue weighted by Crippen LogP contribution is -2.24. The molecule has 1 unspecified atom stereocenters. The van der Waals surface area contributed by atoms with E-state index in [9.17, 15) is 0 Å². The average Bonchev–Trinajstić information content (AvgIpc) is 2.65. The molecule has 0 aliphatic rings. The Bertz CT molecular complexity index is 472. The third-order valence-electron chi connectivity index (χ3n) is 2.00. The normalized spacial score (nSPS) is 12.2. The molecular formula is C9H14ClN5O. The van der Waals surface area contributed by atoms with Crippen LogP contribution in [0.1, 0.15) is 12.6 Å². The number of nitrogens with two attached hydrogens (primary N) is 1. The fourth-order valence-corrected chi connectivity index (χ4v) is 1.24. The molecule has 0 saturated carbocycles. The van der Waals surface area contributed by atoms with Gasteiger partial charge in [-0.05, 0) is 13.8 Å². The first-order valence-electron chi connectivity index (χ1n) is 4.75. The van der Waals surface area contributed by atoms with Gasteiger partial charge in [-0.1, -0.05) is 0 Å². The number of nitrogens with zero attached hydrogens (tertiary/aromatic N) is 4. The summed E-state index contributed by atoms with van der Waals surface area (Å²) in [6.45, 7) is 4.24. The van der Waals surface area contributed by atoms with E-state index in [0.29, 0.717) is 18.2 Å². The Balaban J connectivity index is 0.00000128. The van der Waals surface area contributed by atoms with Gasteiger partial charge in [0, 0.05) is 18.3 Å². The molecular weight excluding hydrogens is 230 g/mol. The van der Waals surface area contributed by atoms with Gasteiger partial charge in [0.15, 0.2) is 0 Å². The van der Waals surface area contributed by atoms with Crippen molar-refractivity contribution in [2.24, 2.45) is 5.73 Å². The average molecular weight is 244 g/mol. The molecule has 0 aliphatic heterocycles. The van der Waals surface area contributed by atoms with E-state index in [2.05, 4.69) is 15.1 Å². The highest BCUT2D eigenvalue weighted by Crippen LogP contribution is 2.13. The predicted molar refractivity (Wildman–Crippen MR) is 61.9 cm³/mol. The van der Waals surface area contributed by atoms with Crippen LogP contribution in [0.15, 0.2) is 12.4 Å². The van der Waals surface area contributed by atoms with Crippen molar-refractivity contribution in [1.82, 2.24) is 19.6 Å².